The molecule has 0 saturated heterocycles. The predicted octanol–water partition coefficient (Wildman–Crippen LogP) is 2.92. The first kappa shape index (κ1) is 17.0. The van der Waals surface area contributed by atoms with E-state index in [1.807, 2.05) is 20.8 Å². The molecule has 0 aromatic carbocycles. The van der Waals surface area contributed by atoms with Gasteiger partial charge in [0.1, 0.15) is 6.04 Å². The lowest BCUT2D eigenvalue weighted by Gasteiger charge is -2.16. The van der Waals surface area contributed by atoms with Gasteiger partial charge in [0.25, 0.3) is 5.56 Å². The largest absolute Gasteiger partial charge is 0.501 e. The second-order valence-corrected chi connectivity index (χ2v) is 5.29. The van der Waals surface area contributed by atoms with E-state index in [2.05, 4.69) is 0 Å². The fourth-order valence-electron chi connectivity index (χ4n) is 1.96. The van der Waals surface area contributed by atoms with Crippen molar-refractivity contribution in [3.63, 3.8) is 0 Å². The van der Waals surface area contributed by atoms with Crippen LogP contribution in [0.2, 0.25) is 0 Å². The van der Waals surface area contributed by atoms with Gasteiger partial charge in [-0.1, -0.05) is 13.8 Å². The molecule has 5 heteroatoms. The summed E-state index contributed by atoms with van der Waals surface area (Å²) in [6, 6.07) is 2.31. The van der Waals surface area contributed by atoms with Crippen molar-refractivity contribution in [2.45, 2.75) is 39.7 Å². The van der Waals surface area contributed by atoms with E-state index in [9.17, 15) is 14.7 Å². The number of pyridine rings is 1. The molecule has 0 amide bonds. The molecule has 0 spiro atoms. The normalized spacial score (nSPS) is 12.8. The Labute approximate surface area is 124 Å². The molecule has 1 heterocycles. The second-order valence-electron chi connectivity index (χ2n) is 5.29. The number of aliphatic carboxylic acids is 1. The maximum Gasteiger partial charge on any atom is 0.326 e. The Kier molecular flexibility index (Phi) is 6.72. The van der Waals surface area contributed by atoms with Gasteiger partial charge >= 0.3 is 5.97 Å². The van der Waals surface area contributed by atoms with Crippen LogP contribution in [-0.4, -0.2) is 22.2 Å². The first-order valence-corrected chi connectivity index (χ1v) is 7.18. The zero-order valence-corrected chi connectivity index (χ0v) is 12.8. The minimum Gasteiger partial charge on any atom is -0.501 e. The first-order valence-electron chi connectivity index (χ1n) is 7.18. The van der Waals surface area contributed by atoms with Crippen molar-refractivity contribution in [2.75, 3.05) is 6.61 Å². The molecule has 1 atom stereocenters. The van der Waals surface area contributed by atoms with Gasteiger partial charge in [0.05, 0.1) is 12.9 Å². The molecule has 0 fully saturated rings. The van der Waals surface area contributed by atoms with Crippen molar-refractivity contribution in [3.05, 3.63) is 40.5 Å². The summed E-state index contributed by atoms with van der Waals surface area (Å²) in [4.78, 5) is 23.5. The molecule has 0 aliphatic rings. The van der Waals surface area contributed by atoms with Crippen LogP contribution in [0.15, 0.2) is 29.4 Å². The summed E-state index contributed by atoms with van der Waals surface area (Å²) in [5.41, 5.74) is 0.377. The van der Waals surface area contributed by atoms with E-state index in [0.717, 1.165) is 6.42 Å². The van der Waals surface area contributed by atoms with E-state index >= 15 is 0 Å². The summed E-state index contributed by atoms with van der Waals surface area (Å²) >= 11 is 0. The highest BCUT2D eigenvalue weighted by Crippen LogP contribution is 2.16. The van der Waals surface area contributed by atoms with E-state index < -0.39 is 12.0 Å². The molecule has 1 N–H and O–H groups in total. The van der Waals surface area contributed by atoms with Gasteiger partial charge in [0, 0.05) is 12.3 Å². The number of carbonyl (C=O) groups is 1. The van der Waals surface area contributed by atoms with E-state index in [1.54, 1.807) is 12.1 Å². The molecule has 0 saturated carbocycles. The van der Waals surface area contributed by atoms with Crippen LogP contribution in [0.4, 0.5) is 0 Å². The Bertz CT molecular complexity index is 545. The molecular formula is C16H23NO4. The number of carboxylic acid groups (broad SMARTS) is 1. The Balaban J connectivity index is 2.94. The van der Waals surface area contributed by atoms with Gasteiger partial charge in [-0.15, -0.1) is 0 Å². The van der Waals surface area contributed by atoms with Crippen LogP contribution in [0, 0.1) is 5.92 Å². The van der Waals surface area contributed by atoms with Crippen LogP contribution >= 0.6 is 0 Å². The number of ether oxygens (including phenoxy) is 1. The monoisotopic (exact) mass is 293 g/mol. The molecule has 1 aromatic rings. The zero-order valence-electron chi connectivity index (χ0n) is 12.8. The highest BCUT2D eigenvalue weighted by Gasteiger charge is 2.20. The standard InChI is InChI=1S/C16H23NO4/c1-4-21-10-8-13-7-9-17(15(18)11-13)14(16(19)20)6-5-12(2)3/h7-12,14H,4-6H2,1-3H3,(H,19,20)/b10-8+. The van der Waals surface area contributed by atoms with E-state index in [-0.39, 0.29) is 5.56 Å². The van der Waals surface area contributed by atoms with Crippen LogP contribution < -0.4 is 5.56 Å². The average Bonchev–Trinajstić information content (AvgIpc) is 2.40. The van der Waals surface area contributed by atoms with Crippen LogP contribution in [0.25, 0.3) is 6.08 Å². The smallest absolute Gasteiger partial charge is 0.326 e. The van der Waals surface area contributed by atoms with Crippen LogP contribution in [-0.2, 0) is 9.53 Å². The number of hydrogen-bond acceptors (Lipinski definition) is 3. The summed E-state index contributed by atoms with van der Waals surface area (Å²) in [7, 11) is 0. The lowest BCUT2D eigenvalue weighted by Crippen LogP contribution is -2.29. The van der Waals surface area contributed by atoms with Gasteiger partial charge in [0.15, 0.2) is 0 Å². The molecule has 1 unspecified atom stereocenters. The summed E-state index contributed by atoms with van der Waals surface area (Å²) in [6.45, 7) is 6.49. The van der Waals surface area contributed by atoms with E-state index in [4.69, 9.17) is 4.74 Å². The van der Waals surface area contributed by atoms with Crippen molar-refractivity contribution in [3.8, 4) is 0 Å². The molecule has 0 bridgehead atoms. The number of aromatic nitrogens is 1. The first-order chi connectivity index (χ1) is 9.95. The SMILES string of the molecule is CCO/C=C/c1ccn(C(CCC(C)C)C(=O)O)c(=O)c1. The maximum atomic E-state index is 12.1. The van der Waals surface area contributed by atoms with Gasteiger partial charge in [-0.3, -0.25) is 4.79 Å². The van der Waals surface area contributed by atoms with Crippen LogP contribution in [0.5, 0.6) is 0 Å². The van der Waals surface area contributed by atoms with Gasteiger partial charge in [0.2, 0.25) is 0 Å². The number of rotatable bonds is 8. The fourth-order valence-corrected chi connectivity index (χ4v) is 1.96. The van der Waals surface area contributed by atoms with E-state index in [0.29, 0.717) is 24.5 Å². The lowest BCUT2D eigenvalue weighted by atomic mass is 10.0. The third-order valence-electron chi connectivity index (χ3n) is 3.13. The Morgan fingerprint density at radius 1 is 1.43 bits per heavy atom. The summed E-state index contributed by atoms with van der Waals surface area (Å²) in [5.74, 6) is -0.577. The molecule has 0 aliphatic heterocycles. The van der Waals surface area contributed by atoms with Crippen molar-refractivity contribution >= 4 is 12.0 Å². The molecule has 1 rings (SSSR count). The maximum absolute atomic E-state index is 12.1. The molecule has 21 heavy (non-hydrogen) atoms. The lowest BCUT2D eigenvalue weighted by molar-refractivity contribution is -0.141. The number of nitrogens with zero attached hydrogens (tertiary/aromatic N) is 1. The minimum absolute atomic E-state index is 0.315. The minimum atomic E-state index is -0.977. The van der Waals surface area contributed by atoms with Crippen LogP contribution in [0.1, 0.15) is 45.2 Å². The van der Waals surface area contributed by atoms with Gasteiger partial charge in [-0.25, -0.2) is 4.79 Å². The predicted molar refractivity (Wildman–Crippen MR) is 82.1 cm³/mol. The molecule has 0 aliphatic carbocycles. The Morgan fingerprint density at radius 3 is 2.67 bits per heavy atom. The summed E-state index contributed by atoms with van der Waals surface area (Å²) in [6.07, 6.45) is 5.94. The molecule has 5 nitrogen and oxygen atoms in total. The van der Waals surface area contributed by atoms with E-state index in [1.165, 1.54) is 23.1 Å². The van der Waals surface area contributed by atoms with Crippen molar-refractivity contribution in [2.24, 2.45) is 5.92 Å². The van der Waals surface area contributed by atoms with Crippen molar-refractivity contribution in [1.29, 1.82) is 0 Å². The highest BCUT2D eigenvalue weighted by atomic mass is 16.5. The van der Waals surface area contributed by atoms with Crippen molar-refractivity contribution < 1.29 is 14.6 Å². The summed E-state index contributed by atoms with van der Waals surface area (Å²) in [5, 5.41) is 9.31. The third kappa shape index (κ3) is 5.45. The van der Waals surface area contributed by atoms with Gasteiger partial charge in [-0.2, -0.15) is 0 Å². The zero-order chi connectivity index (χ0) is 15.8. The second kappa shape index (κ2) is 8.29. The summed E-state index contributed by atoms with van der Waals surface area (Å²) < 4.78 is 6.36. The van der Waals surface area contributed by atoms with Crippen LogP contribution in [0.3, 0.4) is 0 Å². The molecule has 116 valence electrons. The van der Waals surface area contributed by atoms with Gasteiger partial charge < -0.3 is 14.4 Å². The Hall–Kier alpha value is -2.04. The highest BCUT2D eigenvalue weighted by molar-refractivity contribution is 5.71. The van der Waals surface area contributed by atoms with Crippen molar-refractivity contribution in [1.82, 2.24) is 4.57 Å². The number of carboxylic acids is 1. The topological polar surface area (TPSA) is 68.5 Å². The third-order valence-corrected chi connectivity index (χ3v) is 3.13. The fraction of sp³-hybridized carbons (Fsp3) is 0.500. The molecular weight excluding hydrogens is 270 g/mol. The Morgan fingerprint density at radius 2 is 2.14 bits per heavy atom. The molecule has 1 aromatic heterocycles. The van der Waals surface area contributed by atoms with Gasteiger partial charge in [-0.05, 0) is 43.4 Å². The molecule has 0 radical (unpaired) electrons. The number of hydrogen-bond donors (Lipinski definition) is 1. The average molecular weight is 293 g/mol. The quantitative estimate of drug-likeness (QED) is 0.748.